The summed E-state index contributed by atoms with van der Waals surface area (Å²) in [7, 11) is 3.46. The third-order valence-electron chi connectivity index (χ3n) is 3.39. The van der Waals surface area contributed by atoms with Crippen molar-refractivity contribution >= 4 is 11.4 Å². The van der Waals surface area contributed by atoms with Gasteiger partial charge in [-0.05, 0) is 37.1 Å². The maximum Gasteiger partial charge on any atom is 0.147 e. The lowest BCUT2D eigenvalue weighted by Crippen LogP contribution is -2.21. The Kier molecular flexibility index (Phi) is 4.81. The minimum absolute atomic E-state index is 0.0238. The zero-order valence-corrected chi connectivity index (χ0v) is 12.6. The van der Waals surface area contributed by atoms with Crippen LogP contribution in [0.1, 0.15) is 12.5 Å². The molecule has 0 bridgehead atoms. The van der Waals surface area contributed by atoms with Crippen LogP contribution in [-0.2, 0) is 6.42 Å². The normalized spacial score (nSPS) is 12.0. The number of ether oxygens (including phenoxy) is 1. The molecule has 0 aliphatic carbocycles. The van der Waals surface area contributed by atoms with Crippen LogP contribution in [-0.4, -0.2) is 20.2 Å². The maximum absolute atomic E-state index is 14.3. The molecule has 2 aromatic carbocycles. The molecule has 112 valence electrons. The van der Waals surface area contributed by atoms with Gasteiger partial charge in [-0.1, -0.05) is 18.2 Å². The second kappa shape index (κ2) is 6.59. The summed E-state index contributed by atoms with van der Waals surface area (Å²) in [5.41, 5.74) is 8.19. The highest BCUT2D eigenvalue weighted by Gasteiger charge is 2.15. The van der Waals surface area contributed by atoms with Gasteiger partial charge < -0.3 is 15.4 Å². The first kappa shape index (κ1) is 15.3. The summed E-state index contributed by atoms with van der Waals surface area (Å²) >= 11 is 0. The van der Waals surface area contributed by atoms with Crippen LogP contribution >= 0.6 is 0 Å². The Bertz CT molecular complexity index is 613. The highest BCUT2D eigenvalue weighted by molar-refractivity contribution is 5.67. The van der Waals surface area contributed by atoms with E-state index in [0.717, 1.165) is 17.0 Å². The van der Waals surface area contributed by atoms with Crippen molar-refractivity contribution in [3.8, 4) is 5.75 Å². The molecule has 0 amide bonds. The lowest BCUT2D eigenvalue weighted by molar-refractivity contribution is 0.415. The highest BCUT2D eigenvalue weighted by atomic mass is 19.1. The quantitative estimate of drug-likeness (QED) is 0.915. The number of anilines is 2. The number of methoxy groups -OCH3 is 1. The molecule has 0 aromatic heterocycles. The van der Waals surface area contributed by atoms with E-state index in [1.165, 1.54) is 6.07 Å². The summed E-state index contributed by atoms with van der Waals surface area (Å²) in [5.74, 6) is 0.489. The molecule has 2 N–H and O–H groups in total. The molecule has 0 fully saturated rings. The smallest absolute Gasteiger partial charge is 0.147 e. The van der Waals surface area contributed by atoms with Crippen LogP contribution in [0.4, 0.5) is 15.8 Å². The number of hydrogen-bond donors (Lipinski definition) is 1. The van der Waals surface area contributed by atoms with Crippen molar-refractivity contribution in [2.24, 2.45) is 5.73 Å². The summed E-state index contributed by atoms with van der Waals surface area (Å²) in [4.78, 5) is 1.83. The van der Waals surface area contributed by atoms with Gasteiger partial charge in [-0.15, -0.1) is 0 Å². The molecule has 1 unspecified atom stereocenters. The largest absolute Gasteiger partial charge is 0.497 e. The van der Waals surface area contributed by atoms with E-state index in [4.69, 9.17) is 10.5 Å². The number of rotatable bonds is 5. The molecule has 0 saturated heterocycles. The Morgan fingerprint density at radius 1 is 1.24 bits per heavy atom. The topological polar surface area (TPSA) is 38.5 Å². The van der Waals surface area contributed by atoms with Gasteiger partial charge in [-0.2, -0.15) is 0 Å². The predicted octanol–water partition coefficient (Wildman–Crippen LogP) is 3.49. The van der Waals surface area contributed by atoms with Gasteiger partial charge in [-0.25, -0.2) is 4.39 Å². The molecule has 0 saturated carbocycles. The lowest BCUT2D eigenvalue weighted by Gasteiger charge is -2.24. The van der Waals surface area contributed by atoms with Crippen LogP contribution in [0.15, 0.2) is 42.5 Å². The van der Waals surface area contributed by atoms with Crippen LogP contribution in [0.5, 0.6) is 5.75 Å². The summed E-state index contributed by atoms with van der Waals surface area (Å²) < 4.78 is 19.5. The number of para-hydroxylation sites is 1. The Morgan fingerprint density at radius 3 is 2.62 bits per heavy atom. The number of benzene rings is 2. The van der Waals surface area contributed by atoms with Gasteiger partial charge in [0, 0.05) is 24.8 Å². The second-order valence-corrected chi connectivity index (χ2v) is 5.19. The molecule has 21 heavy (non-hydrogen) atoms. The molecule has 1 atom stereocenters. The molecule has 0 aliphatic heterocycles. The third-order valence-corrected chi connectivity index (χ3v) is 3.39. The van der Waals surface area contributed by atoms with Crippen LogP contribution in [0.2, 0.25) is 0 Å². The van der Waals surface area contributed by atoms with Crippen molar-refractivity contribution in [3.63, 3.8) is 0 Å². The van der Waals surface area contributed by atoms with E-state index in [9.17, 15) is 4.39 Å². The fourth-order valence-corrected chi connectivity index (χ4v) is 2.40. The van der Waals surface area contributed by atoms with E-state index in [0.29, 0.717) is 12.1 Å². The Balaban J connectivity index is 2.44. The first-order valence-corrected chi connectivity index (χ1v) is 6.93. The Morgan fingerprint density at radius 2 is 1.95 bits per heavy atom. The molecular weight excluding hydrogens is 267 g/mol. The minimum atomic E-state index is -0.251. The second-order valence-electron chi connectivity index (χ2n) is 5.19. The standard InChI is InChI=1S/C17H21FN2O/c1-12(19)10-13-6-4-9-16(18)17(13)20(2)14-7-5-8-15(11-14)21-3/h4-9,11-12H,10,19H2,1-3H3. The average Bonchev–Trinajstić information content (AvgIpc) is 2.46. The molecule has 3 nitrogen and oxygen atoms in total. The molecule has 0 heterocycles. The third kappa shape index (κ3) is 3.52. The van der Waals surface area contributed by atoms with Crippen molar-refractivity contribution in [1.82, 2.24) is 0 Å². The maximum atomic E-state index is 14.3. The van der Waals surface area contributed by atoms with Crippen molar-refractivity contribution in [2.75, 3.05) is 19.1 Å². The van der Waals surface area contributed by atoms with Crippen molar-refractivity contribution < 1.29 is 9.13 Å². The summed E-state index contributed by atoms with van der Waals surface area (Å²) in [6, 6.07) is 12.6. The van der Waals surface area contributed by atoms with Crippen molar-refractivity contribution in [1.29, 1.82) is 0 Å². The van der Waals surface area contributed by atoms with Crippen molar-refractivity contribution in [3.05, 3.63) is 53.8 Å². The van der Waals surface area contributed by atoms with Gasteiger partial charge in [0.15, 0.2) is 0 Å². The van der Waals surface area contributed by atoms with Crippen LogP contribution in [0.25, 0.3) is 0 Å². The van der Waals surface area contributed by atoms with E-state index in [1.54, 1.807) is 13.2 Å². The molecule has 2 aromatic rings. The number of halogens is 1. The van der Waals surface area contributed by atoms with E-state index >= 15 is 0 Å². The van der Waals surface area contributed by atoms with Gasteiger partial charge in [0.2, 0.25) is 0 Å². The SMILES string of the molecule is COc1cccc(N(C)c2c(F)cccc2CC(C)N)c1. The average molecular weight is 288 g/mol. The minimum Gasteiger partial charge on any atom is -0.497 e. The molecule has 0 radical (unpaired) electrons. The first-order chi connectivity index (χ1) is 10.0. The number of nitrogens with zero attached hydrogens (tertiary/aromatic N) is 1. The fraction of sp³-hybridized carbons (Fsp3) is 0.294. The summed E-state index contributed by atoms with van der Waals surface area (Å²) in [6.45, 7) is 1.92. The Hall–Kier alpha value is -2.07. The Labute approximate surface area is 125 Å². The van der Waals surface area contributed by atoms with Crippen LogP contribution in [0.3, 0.4) is 0 Å². The van der Waals surface area contributed by atoms with Gasteiger partial charge in [0.05, 0.1) is 12.8 Å². The summed E-state index contributed by atoms with van der Waals surface area (Å²) in [5, 5.41) is 0. The molecule has 2 rings (SSSR count). The van der Waals surface area contributed by atoms with E-state index in [1.807, 2.05) is 49.2 Å². The monoisotopic (exact) mass is 288 g/mol. The zero-order chi connectivity index (χ0) is 15.4. The van der Waals surface area contributed by atoms with Crippen LogP contribution in [0, 0.1) is 5.82 Å². The van der Waals surface area contributed by atoms with Crippen LogP contribution < -0.4 is 15.4 Å². The van der Waals surface area contributed by atoms with Gasteiger partial charge in [0.25, 0.3) is 0 Å². The van der Waals surface area contributed by atoms with E-state index in [-0.39, 0.29) is 11.9 Å². The highest BCUT2D eigenvalue weighted by Crippen LogP contribution is 2.32. The van der Waals surface area contributed by atoms with Gasteiger partial charge >= 0.3 is 0 Å². The van der Waals surface area contributed by atoms with Gasteiger partial charge in [-0.3, -0.25) is 0 Å². The van der Waals surface area contributed by atoms with Gasteiger partial charge in [0.1, 0.15) is 11.6 Å². The molecule has 0 spiro atoms. The van der Waals surface area contributed by atoms with E-state index < -0.39 is 0 Å². The summed E-state index contributed by atoms with van der Waals surface area (Å²) in [6.07, 6.45) is 0.626. The number of nitrogens with two attached hydrogens (primary N) is 1. The zero-order valence-electron chi connectivity index (χ0n) is 12.6. The lowest BCUT2D eigenvalue weighted by atomic mass is 10.0. The molecule has 0 aliphatic rings. The van der Waals surface area contributed by atoms with Crippen molar-refractivity contribution in [2.45, 2.75) is 19.4 Å². The fourth-order valence-electron chi connectivity index (χ4n) is 2.40. The molecular formula is C17H21FN2O. The number of hydrogen-bond acceptors (Lipinski definition) is 3. The van der Waals surface area contributed by atoms with E-state index in [2.05, 4.69) is 0 Å². The molecule has 4 heteroatoms. The predicted molar refractivity (Wildman–Crippen MR) is 84.8 cm³/mol. The first-order valence-electron chi connectivity index (χ1n) is 6.93.